The lowest BCUT2D eigenvalue weighted by atomic mass is 9.86. The fourth-order valence-corrected chi connectivity index (χ4v) is 2.87. The maximum Gasteiger partial charge on any atom is 0.309 e. The number of rotatable bonds is 4. The van der Waals surface area contributed by atoms with Crippen molar-refractivity contribution in [1.29, 1.82) is 0 Å². The first kappa shape index (κ1) is 14.9. The van der Waals surface area contributed by atoms with E-state index in [0.717, 1.165) is 24.6 Å². The highest BCUT2D eigenvalue weighted by Gasteiger charge is 2.27. The molecule has 3 nitrogen and oxygen atoms in total. The summed E-state index contributed by atoms with van der Waals surface area (Å²) < 4.78 is 0. The Kier molecular flexibility index (Phi) is 4.36. The maximum atomic E-state index is 11.2. The maximum absolute atomic E-state index is 11.2. The van der Waals surface area contributed by atoms with E-state index in [4.69, 9.17) is 0 Å². The van der Waals surface area contributed by atoms with Crippen LogP contribution in [-0.4, -0.2) is 24.2 Å². The Bertz CT molecular complexity index is 482. The largest absolute Gasteiger partial charge is 0.481 e. The molecule has 0 spiro atoms. The lowest BCUT2D eigenvalue weighted by molar-refractivity contribution is -0.146. The first-order valence-corrected chi connectivity index (χ1v) is 7.46. The summed E-state index contributed by atoms with van der Waals surface area (Å²) >= 11 is 0. The molecule has 1 aromatic carbocycles. The molecule has 110 valence electrons. The smallest absolute Gasteiger partial charge is 0.309 e. The van der Waals surface area contributed by atoms with Crippen LogP contribution in [0.5, 0.6) is 0 Å². The van der Waals surface area contributed by atoms with Crippen molar-refractivity contribution < 1.29 is 9.90 Å². The number of piperidine rings is 1. The molecule has 1 aliphatic rings. The number of anilines is 1. The third-order valence-corrected chi connectivity index (χ3v) is 4.16. The van der Waals surface area contributed by atoms with Gasteiger partial charge in [-0.1, -0.05) is 19.1 Å². The minimum Gasteiger partial charge on any atom is -0.481 e. The zero-order valence-electron chi connectivity index (χ0n) is 12.7. The molecular formula is C17H25NO2. The second kappa shape index (κ2) is 5.86. The van der Waals surface area contributed by atoms with Gasteiger partial charge >= 0.3 is 5.97 Å². The van der Waals surface area contributed by atoms with Crippen molar-refractivity contribution in [1.82, 2.24) is 0 Å². The molecule has 1 aliphatic heterocycles. The van der Waals surface area contributed by atoms with Gasteiger partial charge in [-0.25, -0.2) is 0 Å². The average Bonchev–Trinajstić information content (AvgIpc) is 2.38. The highest BCUT2D eigenvalue weighted by Crippen LogP contribution is 2.27. The van der Waals surface area contributed by atoms with Crippen molar-refractivity contribution in [3.8, 4) is 0 Å². The topological polar surface area (TPSA) is 40.5 Å². The quantitative estimate of drug-likeness (QED) is 0.913. The van der Waals surface area contributed by atoms with Crippen LogP contribution in [0.4, 0.5) is 5.69 Å². The van der Waals surface area contributed by atoms with Crippen molar-refractivity contribution in [2.24, 2.45) is 11.3 Å². The third-order valence-electron chi connectivity index (χ3n) is 4.16. The van der Waals surface area contributed by atoms with Gasteiger partial charge in [0.15, 0.2) is 0 Å². The lowest BCUT2D eigenvalue weighted by Crippen LogP contribution is -2.34. The molecule has 2 rings (SSSR count). The van der Waals surface area contributed by atoms with Crippen LogP contribution in [0, 0.1) is 11.3 Å². The standard InChI is InChI=1S/C17H25NO2/c1-13-6-5-9-18(12-13)15-8-4-7-14(10-15)11-17(2,3)16(19)20/h4,7-8,10,13H,5-6,9,11-12H2,1-3H3,(H,19,20). The van der Waals surface area contributed by atoms with Crippen LogP contribution in [-0.2, 0) is 11.2 Å². The number of carbonyl (C=O) groups is 1. The predicted molar refractivity (Wildman–Crippen MR) is 82.2 cm³/mol. The molecule has 0 saturated carbocycles. The van der Waals surface area contributed by atoms with E-state index in [-0.39, 0.29) is 0 Å². The summed E-state index contributed by atoms with van der Waals surface area (Å²) in [5.74, 6) is -0.00244. The summed E-state index contributed by atoms with van der Waals surface area (Å²) in [4.78, 5) is 13.7. The summed E-state index contributed by atoms with van der Waals surface area (Å²) in [6.07, 6.45) is 3.12. The lowest BCUT2D eigenvalue weighted by Gasteiger charge is -2.33. The van der Waals surface area contributed by atoms with E-state index in [9.17, 15) is 9.90 Å². The van der Waals surface area contributed by atoms with Gasteiger partial charge in [0, 0.05) is 18.8 Å². The molecule has 1 aromatic rings. The number of hydrogen-bond donors (Lipinski definition) is 1. The Morgan fingerprint density at radius 1 is 1.45 bits per heavy atom. The van der Waals surface area contributed by atoms with Crippen molar-refractivity contribution in [2.45, 2.75) is 40.0 Å². The third kappa shape index (κ3) is 3.53. The fourth-order valence-electron chi connectivity index (χ4n) is 2.87. The molecule has 0 bridgehead atoms. The Morgan fingerprint density at radius 3 is 2.85 bits per heavy atom. The zero-order chi connectivity index (χ0) is 14.8. The van der Waals surface area contributed by atoms with Crippen molar-refractivity contribution in [2.75, 3.05) is 18.0 Å². The summed E-state index contributed by atoms with van der Waals surface area (Å²) in [6, 6.07) is 8.36. The average molecular weight is 275 g/mol. The highest BCUT2D eigenvalue weighted by molar-refractivity contribution is 5.74. The molecule has 0 amide bonds. The van der Waals surface area contributed by atoms with Gasteiger partial charge in [-0.15, -0.1) is 0 Å². The van der Waals surface area contributed by atoms with Crippen molar-refractivity contribution in [3.63, 3.8) is 0 Å². The summed E-state index contributed by atoms with van der Waals surface area (Å²) in [7, 11) is 0. The van der Waals surface area contributed by atoms with Crippen LogP contribution in [0.25, 0.3) is 0 Å². The fraction of sp³-hybridized carbons (Fsp3) is 0.588. The minimum absolute atomic E-state index is 0.569. The van der Waals surface area contributed by atoms with E-state index in [0.29, 0.717) is 6.42 Å². The normalized spacial score (nSPS) is 19.9. The van der Waals surface area contributed by atoms with Gasteiger partial charge in [0.05, 0.1) is 5.41 Å². The monoisotopic (exact) mass is 275 g/mol. The van der Waals surface area contributed by atoms with Gasteiger partial charge in [0.25, 0.3) is 0 Å². The Labute approximate surface area is 121 Å². The number of aliphatic carboxylic acids is 1. The molecule has 1 unspecified atom stereocenters. The van der Waals surface area contributed by atoms with E-state index >= 15 is 0 Å². The molecule has 1 atom stereocenters. The molecule has 1 fully saturated rings. The number of carboxylic acid groups (broad SMARTS) is 1. The number of nitrogens with zero attached hydrogens (tertiary/aromatic N) is 1. The summed E-state index contributed by atoms with van der Waals surface area (Å²) in [5, 5.41) is 9.24. The molecule has 0 radical (unpaired) electrons. The molecular weight excluding hydrogens is 250 g/mol. The van der Waals surface area contributed by atoms with Crippen LogP contribution in [0.3, 0.4) is 0 Å². The molecule has 0 aromatic heterocycles. The van der Waals surface area contributed by atoms with E-state index in [1.807, 2.05) is 12.1 Å². The van der Waals surface area contributed by atoms with Gasteiger partial charge in [-0.2, -0.15) is 0 Å². The second-order valence-electron chi connectivity index (χ2n) is 6.73. The molecule has 1 N–H and O–H groups in total. The zero-order valence-corrected chi connectivity index (χ0v) is 12.7. The minimum atomic E-state index is -0.741. The van der Waals surface area contributed by atoms with Crippen LogP contribution in [0.2, 0.25) is 0 Å². The molecule has 20 heavy (non-hydrogen) atoms. The second-order valence-corrected chi connectivity index (χ2v) is 6.73. The van der Waals surface area contributed by atoms with Gasteiger partial charge in [0.1, 0.15) is 0 Å². The van der Waals surface area contributed by atoms with Gasteiger partial charge in [0.2, 0.25) is 0 Å². The molecule has 1 saturated heterocycles. The SMILES string of the molecule is CC1CCCN(c2cccc(CC(C)(C)C(=O)O)c2)C1. The van der Waals surface area contributed by atoms with Crippen molar-refractivity contribution in [3.05, 3.63) is 29.8 Å². The van der Waals surface area contributed by atoms with E-state index < -0.39 is 11.4 Å². The van der Waals surface area contributed by atoms with Gasteiger partial charge < -0.3 is 10.0 Å². The molecule has 0 aliphatic carbocycles. The first-order chi connectivity index (χ1) is 9.38. The van der Waals surface area contributed by atoms with E-state index in [1.165, 1.54) is 18.5 Å². The van der Waals surface area contributed by atoms with Crippen LogP contribution in [0.1, 0.15) is 39.2 Å². The first-order valence-electron chi connectivity index (χ1n) is 7.46. The Morgan fingerprint density at radius 2 is 2.20 bits per heavy atom. The van der Waals surface area contributed by atoms with Crippen LogP contribution in [0.15, 0.2) is 24.3 Å². The van der Waals surface area contributed by atoms with E-state index in [2.05, 4.69) is 24.0 Å². The number of benzene rings is 1. The Hall–Kier alpha value is -1.51. The highest BCUT2D eigenvalue weighted by atomic mass is 16.4. The van der Waals surface area contributed by atoms with Gasteiger partial charge in [-0.05, 0) is 56.7 Å². The molecule has 3 heteroatoms. The van der Waals surface area contributed by atoms with E-state index in [1.54, 1.807) is 13.8 Å². The molecule has 1 heterocycles. The Balaban J connectivity index is 2.13. The van der Waals surface area contributed by atoms with Gasteiger partial charge in [-0.3, -0.25) is 4.79 Å². The number of carboxylic acids is 1. The summed E-state index contributed by atoms with van der Waals surface area (Å²) in [6.45, 7) is 8.07. The number of hydrogen-bond acceptors (Lipinski definition) is 2. The predicted octanol–water partition coefficient (Wildman–Crippen LogP) is 3.58. The van der Waals surface area contributed by atoms with Crippen LogP contribution >= 0.6 is 0 Å². The summed E-state index contributed by atoms with van der Waals surface area (Å²) in [5.41, 5.74) is 1.62. The van der Waals surface area contributed by atoms with Crippen LogP contribution < -0.4 is 4.90 Å². The van der Waals surface area contributed by atoms with Crippen molar-refractivity contribution >= 4 is 11.7 Å².